The molecular formula is C12H12ClNO4. The number of hydrogen-bond acceptors (Lipinski definition) is 3. The molecule has 1 saturated heterocycles. The van der Waals surface area contributed by atoms with Gasteiger partial charge in [-0.15, -0.1) is 0 Å². The van der Waals surface area contributed by atoms with Gasteiger partial charge in [-0.2, -0.15) is 0 Å². The van der Waals surface area contributed by atoms with Crippen molar-refractivity contribution < 1.29 is 19.8 Å². The lowest BCUT2D eigenvalue weighted by atomic mass is 10.2. The third-order valence-corrected chi connectivity index (χ3v) is 3.33. The Morgan fingerprint density at radius 1 is 1.06 bits per heavy atom. The molecule has 0 saturated carbocycles. The number of carboxylic acids is 2. The van der Waals surface area contributed by atoms with Crippen molar-refractivity contribution in [3.63, 3.8) is 0 Å². The van der Waals surface area contributed by atoms with Crippen LogP contribution in [0.25, 0.3) is 0 Å². The predicted molar refractivity (Wildman–Crippen MR) is 66.0 cm³/mol. The van der Waals surface area contributed by atoms with Crippen molar-refractivity contribution in [2.75, 3.05) is 4.90 Å². The summed E-state index contributed by atoms with van der Waals surface area (Å²) in [6.45, 7) is 0. The van der Waals surface area contributed by atoms with E-state index in [1.165, 1.54) is 4.90 Å². The third-order valence-electron chi connectivity index (χ3n) is 3.08. The number of halogens is 1. The smallest absolute Gasteiger partial charge is 0.326 e. The zero-order valence-electron chi connectivity index (χ0n) is 9.41. The van der Waals surface area contributed by atoms with E-state index in [0.29, 0.717) is 23.6 Å². The summed E-state index contributed by atoms with van der Waals surface area (Å²) in [5.74, 6) is -2.01. The Bertz CT molecular complexity index is 451. The third kappa shape index (κ3) is 2.26. The molecular weight excluding hydrogens is 258 g/mol. The predicted octanol–water partition coefficient (Wildman–Crippen LogP) is 1.85. The quantitative estimate of drug-likeness (QED) is 0.875. The van der Waals surface area contributed by atoms with Crippen molar-refractivity contribution in [3.05, 3.63) is 29.3 Å². The minimum absolute atomic E-state index is 0.328. The minimum atomic E-state index is -1.01. The lowest BCUT2D eigenvalue weighted by molar-refractivity contribution is -0.139. The minimum Gasteiger partial charge on any atom is -0.480 e. The maximum atomic E-state index is 11.2. The summed E-state index contributed by atoms with van der Waals surface area (Å²) < 4.78 is 0. The molecule has 1 aromatic carbocycles. The highest BCUT2D eigenvalue weighted by Crippen LogP contribution is 2.31. The van der Waals surface area contributed by atoms with Gasteiger partial charge < -0.3 is 15.1 Å². The Kier molecular flexibility index (Phi) is 3.43. The molecule has 2 N–H and O–H groups in total. The van der Waals surface area contributed by atoms with E-state index < -0.39 is 24.0 Å². The molecule has 0 aromatic heterocycles. The number of aliphatic carboxylic acids is 2. The van der Waals surface area contributed by atoms with Gasteiger partial charge in [-0.25, -0.2) is 9.59 Å². The zero-order chi connectivity index (χ0) is 13.3. The molecule has 1 heterocycles. The summed E-state index contributed by atoms with van der Waals surface area (Å²) >= 11 is 5.77. The molecule has 0 aliphatic carbocycles. The molecule has 18 heavy (non-hydrogen) atoms. The van der Waals surface area contributed by atoms with E-state index in [4.69, 9.17) is 21.8 Å². The molecule has 1 aliphatic heterocycles. The van der Waals surface area contributed by atoms with Crippen LogP contribution in [0.15, 0.2) is 24.3 Å². The first kappa shape index (κ1) is 12.7. The Morgan fingerprint density at radius 2 is 1.50 bits per heavy atom. The SMILES string of the molecule is O=C(O)C1CCC(C(=O)O)N1c1ccc(Cl)cc1. The second-order valence-corrected chi connectivity index (χ2v) is 4.61. The van der Waals surface area contributed by atoms with Crippen LogP contribution in [0.4, 0.5) is 5.69 Å². The van der Waals surface area contributed by atoms with Crippen LogP contribution in [0.5, 0.6) is 0 Å². The monoisotopic (exact) mass is 269 g/mol. The van der Waals surface area contributed by atoms with Gasteiger partial charge in [0.15, 0.2) is 0 Å². The van der Waals surface area contributed by atoms with Crippen LogP contribution in [0, 0.1) is 0 Å². The molecule has 2 unspecified atom stereocenters. The maximum absolute atomic E-state index is 11.2. The van der Waals surface area contributed by atoms with Crippen molar-refractivity contribution in [3.8, 4) is 0 Å². The molecule has 0 spiro atoms. The first-order valence-electron chi connectivity index (χ1n) is 5.50. The first-order chi connectivity index (χ1) is 8.50. The van der Waals surface area contributed by atoms with Crippen LogP contribution in [-0.4, -0.2) is 34.2 Å². The van der Waals surface area contributed by atoms with Gasteiger partial charge in [-0.3, -0.25) is 0 Å². The number of anilines is 1. The van der Waals surface area contributed by atoms with Gasteiger partial charge in [0, 0.05) is 10.7 Å². The molecule has 2 rings (SSSR count). The van der Waals surface area contributed by atoms with Crippen LogP contribution in [-0.2, 0) is 9.59 Å². The highest BCUT2D eigenvalue weighted by atomic mass is 35.5. The topological polar surface area (TPSA) is 77.8 Å². The van der Waals surface area contributed by atoms with Gasteiger partial charge in [0.1, 0.15) is 12.1 Å². The van der Waals surface area contributed by atoms with Crippen LogP contribution >= 0.6 is 11.6 Å². The summed E-state index contributed by atoms with van der Waals surface area (Å²) in [5, 5.41) is 18.8. The zero-order valence-corrected chi connectivity index (χ0v) is 10.2. The highest BCUT2D eigenvalue weighted by Gasteiger charge is 2.41. The van der Waals surface area contributed by atoms with Gasteiger partial charge in [-0.05, 0) is 37.1 Å². The molecule has 1 aromatic rings. The number of hydrogen-bond donors (Lipinski definition) is 2. The van der Waals surface area contributed by atoms with E-state index in [-0.39, 0.29) is 0 Å². The van der Waals surface area contributed by atoms with Crippen molar-refractivity contribution in [2.24, 2.45) is 0 Å². The standard InChI is InChI=1S/C12H12ClNO4/c13-7-1-3-8(4-2-7)14-9(11(15)16)5-6-10(14)12(17)18/h1-4,9-10H,5-6H2,(H,15,16)(H,17,18). The normalized spacial score (nSPS) is 23.1. The van der Waals surface area contributed by atoms with Crippen LogP contribution in [0.1, 0.15) is 12.8 Å². The van der Waals surface area contributed by atoms with Crippen LogP contribution in [0.2, 0.25) is 5.02 Å². The summed E-state index contributed by atoms with van der Waals surface area (Å²) in [5.41, 5.74) is 0.566. The first-order valence-corrected chi connectivity index (χ1v) is 5.88. The Labute approximate surface area is 109 Å². The second kappa shape index (κ2) is 4.86. The molecule has 0 radical (unpaired) electrons. The summed E-state index contributed by atoms with van der Waals surface area (Å²) in [4.78, 5) is 23.8. The van der Waals surface area contributed by atoms with Crippen molar-refractivity contribution in [2.45, 2.75) is 24.9 Å². The second-order valence-electron chi connectivity index (χ2n) is 4.17. The number of benzene rings is 1. The molecule has 0 amide bonds. The molecule has 1 fully saturated rings. The summed E-state index contributed by atoms with van der Waals surface area (Å²) in [6, 6.07) is 4.92. The Hall–Kier alpha value is -1.75. The maximum Gasteiger partial charge on any atom is 0.326 e. The number of carboxylic acid groups (broad SMARTS) is 2. The molecule has 6 heteroatoms. The highest BCUT2D eigenvalue weighted by molar-refractivity contribution is 6.30. The van der Waals surface area contributed by atoms with Gasteiger partial charge in [-0.1, -0.05) is 11.6 Å². The van der Waals surface area contributed by atoms with E-state index in [1.807, 2.05) is 0 Å². The molecule has 5 nitrogen and oxygen atoms in total. The van der Waals surface area contributed by atoms with E-state index in [1.54, 1.807) is 24.3 Å². The van der Waals surface area contributed by atoms with Gasteiger partial charge in [0.05, 0.1) is 0 Å². The van der Waals surface area contributed by atoms with Gasteiger partial charge >= 0.3 is 11.9 Å². The van der Waals surface area contributed by atoms with E-state index in [9.17, 15) is 9.59 Å². The van der Waals surface area contributed by atoms with E-state index in [0.717, 1.165) is 0 Å². The Balaban J connectivity index is 2.37. The van der Waals surface area contributed by atoms with Crippen LogP contribution < -0.4 is 4.90 Å². The van der Waals surface area contributed by atoms with Crippen molar-refractivity contribution >= 4 is 29.2 Å². The number of rotatable bonds is 3. The molecule has 2 atom stereocenters. The number of nitrogens with zero attached hydrogens (tertiary/aromatic N) is 1. The lowest BCUT2D eigenvalue weighted by Crippen LogP contribution is -2.44. The average Bonchev–Trinajstić information content (AvgIpc) is 2.74. The van der Waals surface area contributed by atoms with Gasteiger partial charge in [0.25, 0.3) is 0 Å². The van der Waals surface area contributed by atoms with Crippen molar-refractivity contribution in [1.82, 2.24) is 0 Å². The van der Waals surface area contributed by atoms with Crippen LogP contribution in [0.3, 0.4) is 0 Å². The largest absolute Gasteiger partial charge is 0.480 e. The molecule has 0 bridgehead atoms. The fraction of sp³-hybridized carbons (Fsp3) is 0.333. The average molecular weight is 270 g/mol. The molecule has 1 aliphatic rings. The lowest BCUT2D eigenvalue weighted by Gasteiger charge is -2.28. The fourth-order valence-corrected chi connectivity index (χ4v) is 2.40. The van der Waals surface area contributed by atoms with Gasteiger partial charge in [0.2, 0.25) is 0 Å². The van der Waals surface area contributed by atoms with Crippen molar-refractivity contribution in [1.29, 1.82) is 0 Å². The summed E-state index contributed by atoms with van der Waals surface area (Å²) in [6.07, 6.45) is 0.657. The van der Waals surface area contributed by atoms with E-state index in [2.05, 4.69) is 0 Å². The number of carbonyl (C=O) groups is 2. The molecule has 96 valence electrons. The fourth-order valence-electron chi connectivity index (χ4n) is 2.27. The summed E-state index contributed by atoms with van der Waals surface area (Å²) in [7, 11) is 0. The Morgan fingerprint density at radius 3 is 1.89 bits per heavy atom. The van der Waals surface area contributed by atoms with E-state index >= 15 is 0 Å².